The highest BCUT2D eigenvalue weighted by Gasteiger charge is 2.27. The van der Waals surface area contributed by atoms with E-state index >= 15 is 0 Å². The van der Waals surface area contributed by atoms with Crippen molar-refractivity contribution in [3.63, 3.8) is 0 Å². The van der Waals surface area contributed by atoms with Gasteiger partial charge in [0.15, 0.2) is 0 Å². The van der Waals surface area contributed by atoms with Crippen LogP contribution >= 0.6 is 11.3 Å². The first-order chi connectivity index (χ1) is 9.27. The van der Waals surface area contributed by atoms with Crippen molar-refractivity contribution in [2.24, 2.45) is 5.92 Å². The Morgan fingerprint density at radius 1 is 1.45 bits per heavy atom. The molecule has 110 valence electrons. The molecule has 1 rings (SSSR count). The van der Waals surface area contributed by atoms with Gasteiger partial charge in [-0.1, -0.05) is 13.8 Å². The second-order valence-electron chi connectivity index (χ2n) is 4.53. The minimum absolute atomic E-state index is 0.0979. The van der Waals surface area contributed by atoms with E-state index in [1.54, 1.807) is 20.8 Å². The molecule has 8 heteroatoms. The quantitative estimate of drug-likeness (QED) is 0.508. The first-order valence-electron chi connectivity index (χ1n) is 5.91. The minimum atomic E-state index is -0.783. The first-order valence-corrected chi connectivity index (χ1v) is 6.73. The predicted molar refractivity (Wildman–Crippen MR) is 73.8 cm³/mol. The van der Waals surface area contributed by atoms with E-state index in [9.17, 15) is 19.7 Å². The van der Waals surface area contributed by atoms with Crippen LogP contribution in [0, 0.1) is 23.0 Å². The average molecular weight is 300 g/mol. The van der Waals surface area contributed by atoms with Gasteiger partial charge in [0.2, 0.25) is 0 Å². The number of rotatable bonds is 5. The van der Waals surface area contributed by atoms with E-state index in [1.807, 2.05) is 0 Å². The Labute approximate surface area is 120 Å². The Morgan fingerprint density at radius 2 is 2.05 bits per heavy atom. The Kier molecular flexibility index (Phi) is 5.20. The zero-order valence-electron chi connectivity index (χ0n) is 11.6. The normalized spacial score (nSPS) is 12.1. The molecular formula is C12H16N2O5S. The highest BCUT2D eigenvalue weighted by molar-refractivity contribution is 7.14. The molecule has 1 N–H and O–H groups in total. The van der Waals surface area contributed by atoms with Gasteiger partial charge in [-0.05, 0) is 12.8 Å². The number of methoxy groups -OCH3 is 1. The van der Waals surface area contributed by atoms with Crippen LogP contribution in [0.5, 0.6) is 0 Å². The zero-order chi connectivity index (χ0) is 15.4. The summed E-state index contributed by atoms with van der Waals surface area (Å²) >= 11 is 1.02. The molecule has 0 aliphatic carbocycles. The summed E-state index contributed by atoms with van der Waals surface area (Å²) in [6.45, 7) is 5.10. The highest BCUT2D eigenvalue weighted by Crippen LogP contribution is 2.28. The molecule has 0 aromatic carbocycles. The molecule has 0 aliphatic rings. The van der Waals surface area contributed by atoms with Gasteiger partial charge >= 0.3 is 5.97 Å². The Balaban J connectivity index is 2.92. The standard InChI is InChI=1S/C12H16N2O5S/c1-6(2)10(12(16)19-4)13-11(15)9-5-8(14(17)18)7(3)20-9/h5-6,10H,1-4H3,(H,13,15). The van der Waals surface area contributed by atoms with E-state index in [-0.39, 0.29) is 16.5 Å². The van der Waals surface area contributed by atoms with Gasteiger partial charge in [0.1, 0.15) is 6.04 Å². The third-order valence-electron chi connectivity index (χ3n) is 2.72. The molecule has 0 aliphatic heterocycles. The number of nitrogens with one attached hydrogen (secondary N) is 1. The van der Waals surface area contributed by atoms with Crippen LogP contribution in [0.4, 0.5) is 5.69 Å². The number of thiophene rings is 1. The van der Waals surface area contributed by atoms with Gasteiger partial charge in [-0.25, -0.2) is 4.79 Å². The number of carbonyl (C=O) groups is 2. The van der Waals surface area contributed by atoms with Crippen LogP contribution in [0.1, 0.15) is 28.4 Å². The number of aryl methyl sites for hydroxylation is 1. The zero-order valence-corrected chi connectivity index (χ0v) is 12.4. The monoisotopic (exact) mass is 300 g/mol. The van der Waals surface area contributed by atoms with Crippen molar-refractivity contribution in [3.05, 3.63) is 25.9 Å². The number of carbonyl (C=O) groups excluding carboxylic acids is 2. The van der Waals surface area contributed by atoms with E-state index in [2.05, 4.69) is 10.1 Å². The molecule has 0 saturated heterocycles. The third kappa shape index (κ3) is 3.53. The second-order valence-corrected chi connectivity index (χ2v) is 5.78. The van der Waals surface area contributed by atoms with Crippen LogP contribution in [-0.2, 0) is 9.53 Å². The summed E-state index contributed by atoms with van der Waals surface area (Å²) in [7, 11) is 1.24. The van der Waals surface area contributed by atoms with Crippen molar-refractivity contribution >= 4 is 28.9 Å². The maximum atomic E-state index is 12.0. The van der Waals surface area contributed by atoms with E-state index < -0.39 is 22.8 Å². The van der Waals surface area contributed by atoms with Crippen LogP contribution < -0.4 is 5.32 Å². The molecule has 1 heterocycles. The molecule has 1 aromatic heterocycles. The summed E-state index contributed by atoms with van der Waals surface area (Å²) in [4.78, 5) is 34.4. The Hall–Kier alpha value is -1.96. The lowest BCUT2D eigenvalue weighted by atomic mass is 10.0. The average Bonchev–Trinajstić information content (AvgIpc) is 2.76. The predicted octanol–water partition coefficient (Wildman–Crippen LogP) is 1.89. The molecule has 0 bridgehead atoms. The van der Waals surface area contributed by atoms with Gasteiger partial charge in [0.25, 0.3) is 11.6 Å². The lowest BCUT2D eigenvalue weighted by Crippen LogP contribution is -2.44. The van der Waals surface area contributed by atoms with Crippen LogP contribution in [0.25, 0.3) is 0 Å². The molecule has 0 radical (unpaired) electrons. The molecule has 1 atom stereocenters. The number of hydrogen-bond acceptors (Lipinski definition) is 6. The molecule has 1 unspecified atom stereocenters. The van der Waals surface area contributed by atoms with Gasteiger partial charge in [0, 0.05) is 6.07 Å². The maximum Gasteiger partial charge on any atom is 0.328 e. The fraction of sp³-hybridized carbons (Fsp3) is 0.500. The molecule has 0 spiro atoms. The van der Waals surface area contributed by atoms with Gasteiger partial charge in [-0.2, -0.15) is 0 Å². The van der Waals surface area contributed by atoms with Gasteiger partial charge in [0.05, 0.1) is 21.8 Å². The summed E-state index contributed by atoms with van der Waals surface area (Å²) < 4.78 is 4.62. The molecule has 0 saturated carbocycles. The van der Waals surface area contributed by atoms with Gasteiger partial charge in [-0.15, -0.1) is 11.3 Å². The summed E-state index contributed by atoms with van der Waals surface area (Å²) in [6, 6.07) is 0.429. The van der Waals surface area contributed by atoms with Crippen LogP contribution in [0.15, 0.2) is 6.07 Å². The van der Waals surface area contributed by atoms with Crippen molar-refractivity contribution in [3.8, 4) is 0 Å². The molecule has 1 amide bonds. The molecule has 20 heavy (non-hydrogen) atoms. The van der Waals surface area contributed by atoms with Crippen molar-refractivity contribution in [2.45, 2.75) is 26.8 Å². The summed E-state index contributed by atoms with van der Waals surface area (Å²) in [5.74, 6) is -1.21. The fourth-order valence-corrected chi connectivity index (χ4v) is 2.49. The van der Waals surface area contributed by atoms with Crippen LogP contribution in [0.2, 0.25) is 0 Å². The number of nitrogens with zero attached hydrogens (tertiary/aromatic N) is 1. The van der Waals surface area contributed by atoms with E-state index in [4.69, 9.17) is 0 Å². The lowest BCUT2D eigenvalue weighted by molar-refractivity contribution is -0.385. The summed E-state index contributed by atoms with van der Waals surface area (Å²) in [5.41, 5.74) is -0.0979. The van der Waals surface area contributed by atoms with E-state index in [0.29, 0.717) is 4.88 Å². The summed E-state index contributed by atoms with van der Waals surface area (Å²) in [6.07, 6.45) is 0. The number of hydrogen-bond donors (Lipinski definition) is 1. The number of amides is 1. The molecule has 1 aromatic rings. The highest BCUT2D eigenvalue weighted by atomic mass is 32.1. The summed E-state index contributed by atoms with van der Waals surface area (Å²) in [5, 5.41) is 13.3. The number of nitro groups is 1. The van der Waals surface area contributed by atoms with Crippen molar-refractivity contribution < 1.29 is 19.2 Å². The van der Waals surface area contributed by atoms with Crippen molar-refractivity contribution in [1.82, 2.24) is 5.32 Å². The molecule has 0 fully saturated rings. The third-order valence-corrected chi connectivity index (χ3v) is 3.76. The van der Waals surface area contributed by atoms with Crippen molar-refractivity contribution in [1.29, 1.82) is 0 Å². The minimum Gasteiger partial charge on any atom is -0.467 e. The molecule has 7 nitrogen and oxygen atoms in total. The maximum absolute atomic E-state index is 12.0. The van der Waals surface area contributed by atoms with E-state index in [0.717, 1.165) is 11.3 Å². The Morgan fingerprint density at radius 3 is 2.45 bits per heavy atom. The molecular weight excluding hydrogens is 284 g/mol. The van der Waals surface area contributed by atoms with Crippen molar-refractivity contribution in [2.75, 3.05) is 7.11 Å². The van der Waals surface area contributed by atoms with Gasteiger partial charge < -0.3 is 10.1 Å². The van der Waals surface area contributed by atoms with Crippen LogP contribution in [0.3, 0.4) is 0 Å². The first kappa shape index (κ1) is 16.1. The smallest absolute Gasteiger partial charge is 0.328 e. The van der Waals surface area contributed by atoms with E-state index in [1.165, 1.54) is 13.2 Å². The second kappa shape index (κ2) is 6.47. The largest absolute Gasteiger partial charge is 0.467 e. The number of esters is 1. The Bertz CT molecular complexity index is 538. The SMILES string of the molecule is COC(=O)C(NC(=O)c1cc([N+](=O)[O-])c(C)s1)C(C)C. The topological polar surface area (TPSA) is 98.5 Å². The van der Waals surface area contributed by atoms with Gasteiger partial charge in [-0.3, -0.25) is 14.9 Å². The fourth-order valence-electron chi connectivity index (χ4n) is 1.60. The number of ether oxygens (including phenoxy) is 1. The lowest BCUT2D eigenvalue weighted by Gasteiger charge is -2.19. The van der Waals surface area contributed by atoms with Crippen LogP contribution in [-0.4, -0.2) is 30.0 Å².